The summed E-state index contributed by atoms with van der Waals surface area (Å²) in [5.41, 5.74) is 3.56. The van der Waals surface area contributed by atoms with Crippen molar-refractivity contribution in [3.05, 3.63) is 66.2 Å². The predicted octanol–water partition coefficient (Wildman–Crippen LogP) is 0.921. The fraction of sp³-hybridized carbons (Fsp3) is 0.385. The Kier molecular flexibility index (Phi) is 5.96. The van der Waals surface area contributed by atoms with Crippen molar-refractivity contribution >= 4 is 16.8 Å². The fourth-order valence-corrected chi connectivity index (χ4v) is 5.03. The summed E-state index contributed by atoms with van der Waals surface area (Å²) in [7, 11) is 0. The van der Waals surface area contributed by atoms with Crippen LogP contribution in [0.25, 0.3) is 22.2 Å². The maximum Gasteiger partial charge on any atom is 0.255 e. The van der Waals surface area contributed by atoms with Gasteiger partial charge in [0, 0.05) is 23.8 Å². The van der Waals surface area contributed by atoms with E-state index in [0.29, 0.717) is 0 Å². The van der Waals surface area contributed by atoms with Crippen molar-refractivity contribution < 1.29 is 14.6 Å². The summed E-state index contributed by atoms with van der Waals surface area (Å²) >= 11 is 0. The molecule has 0 spiro atoms. The van der Waals surface area contributed by atoms with E-state index >= 15 is 0 Å². The minimum absolute atomic E-state index is 0.139. The lowest BCUT2D eigenvalue weighted by molar-refractivity contribution is -0.954. The smallest absolute Gasteiger partial charge is 0.255 e. The summed E-state index contributed by atoms with van der Waals surface area (Å²) in [5, 5.41) is 0.944. The molecular formula is C26H32N4O+2. The van der Waals surface area contributed by atoms with Crippen molar-refractivity contribution in [2.75, 3.05) is 52.4 Å². The van der Waals surface area contributed by atoms with Crippen LogP contribution in [0.2, 0.25) is 0 Å². The molecule has 0 atom stereocenters. The third-order valence-corrected chi connectivity index (χ3v) is 6.92. The van der Waals surface area contributed by atoms with Crippen molar-refractivity contribution in [1.29, 1.82) is 0 Å². The van der Waals surface area contributed by atoms with Crippen LogP contribution < -0.4 is 9.80 Å². The number of hydrogen-bond donors (Lipinski definition) is 2. The van der Waals surface area contributed by atoms with Crippen LogP contribution in [0.15, 0.2) is 60.7 Å². The molecule has 5 rings (SSSR count). The molecule has 2 aliphatic heterocycles. The number of aromatic nitrogens is 1. The van der Waals surface area contributed by atoms with Crippen LogP contribution in [-0.4, -0.2) is 68.1 Å². The molecule has 0 bridgehead atoms. The van der Waals surface area contributed by atoms with Gasteiger partial charge < -0.3 is 14.7 Å². The normalized spacial score (nSPS) is 18.0. The molecule has 5 heteroatoms. The van der Waals surface area contributed by atoms with Gasteiger partial charge in [-0.25, -0.2) is 4.98 Å². The van der Waals surface area contributed by atoms with Crippen molar-refractivity contribution in [3.63, 3.8) is 0 Å². The number of pyridine rings is 1. The van der Waals surface area contributed by atoms with Gasteiger partial charge in [0.1, 0.15) is 13.1 Å². The molecule has 3 heterocycles. The number of likely N-dealkylation sites (tertiary alicyclic amines) is 1. The van der Waals surface area contributed by atoms with Gasteiger partial charge in [-0.2, -0.15) is 0 Å². The van der Waals surface area contributed by atoms with Gasteiger partial charge >= 0.3 is 0 Å². The van der Waals surface area contributed by atoms with E-state index in [1.807, 2.05) is 53.4 Å². The highest BCUT2D eigenvalue weighted by molar-refractivity contribution is 6.07. The van der Waals surface area contributed by atoms with Crippen LogP contribution in [0.1, 0.15) is 23.2 Å². The minimum atomic E-state index is 0.139. The second-order valence-corrected chi connectivity index (χ2v) is 8.94. The van der Waals surface area contributed by atoms with E-state index in [2.05, 4.69) is 12.1 Å². The van der Waals surface area contributed by atoms with Gasteiger partial charge in [-0.1, -0.05) is 48.5 Å². The first kappa shape index (κ1) is 20.2. The summed E-state index contributed by atoms with van der Waals surface area (Å²) in [6.45, 7) is 8.96. The Morgan fingerprint density at radius 2 is 1.48 bits per heavy atom. The Bertz CT molecular complexity index is 1040. The van der Waals surface area contributed by atoms with Gasteiger partial charge in [0.15, 0.2) is 0 Å². The lowest BCUT2D eigenvalue weighted by Crippen LogP contribution is -3.21. The van der Waals surface area contributed by atoms with E-state index in [9.17, 15) is 4.79 Å². The molecule has 1 aromatic heterocycles. The molecule has 31 heavy (non-hydrogen) atoms. The molecule has 1 amide bonds. The second kappa shape index (κ2) is 9.16. The highest BCUT2D eigenvalue weighted by Gasteiger charge is 2.27. The van der Waals surface area contributed by atoms with E-state index in [4.69, 9.17) is 4.98 Å². The molecule has 2 saturated heterocycles. The van der Waals surface area contributed by atoms with Gasteiger partial charge in [0.2, 0.25) is 0 Å². The number of para-hydroxylation sites is 1. The maximum absolute atomic E-state index is 13.6. The van der Waals surface area contributed by atoms with Crippen LogP contribution >= 0.6 is 0 Å². The third kappa shape index (κ3) is 4.48. The van der Waals surface area contributed by atoms with Crippen LogP contribution in [0.4, 0.5) is 0 Å². The first-order chi connectivity index (χ1) is 15.3. The second-order valence-electron chi connectivity index (χ2n) is 8.94. The van der Waals surface area contributed by atoms with Crippen molar-refractivity contribution in [1.82, 2.24) is 9.88 Å². The summed E-state index contributed by atoms with van der Waals surface area (Å²) in [5.74, 6) is 0.139. The number of nitrogens with zero attached hydrogens (tertiary/aromatic N) is 2. The Balaban J connectivity index is 1.32. The van der Waals surface area contributed by atoms with Crippen LogP contribution in [0.3, 0.4) is 0 Å². The highest BCUT2D eigenvalue weighted by atomic mass is 16.2. The summed E-state index contributed by atoms with van der Waals surface area (Å²) in [4.78, 5) is 23.8. The average molecular weight is 417 g/mol. The van der Waals surface area contributed by atoms with Crippen molar-refractivity contribution in [3.8, 4) is 11.3 Å². The van der Waals surface area contributed by atoms with Crippen molar-refractivity contribution in [2.45, 2.75) is 12.8 Å². The first-order valence-electron chi connectivity index (χ1n) is 11.7. The lowest BCUT2D eigenvalue weighted by Gasteiger charge is -2.32. The molecule has 2 N–H and O–H groups in total. The number of amides is 1. The number of quaternary nitrogens is 2. The van der Waals surface area contributed by atoms with Crippen molar-refractivity contribution in [2.24, 2.45) is 0 Å². The average Bonchev–Trinajstić information content (AvgIpc) is 3.36. The SMILES string of the molecule is O=C(c1cc(-c2ccccc2)nc2ccccc12)N1CC[NH+](CC[NH+]2CCCC2)CC1. The van der Waals surface area contributed by atoms with Crippen LogP contribution in [-0.2, 0) is 0 Å². The molecule has 2 fully saturated rings. The van der Waals surface area contributed by atoms with E-state index in [0.717, 1.165) is 53.9 Å². The zero-order valence-corrected chi connectivity index (χ0v) is 18.1. The minimum Gasteiger partial charge on any atom is -0.330 e. The third-order valence-electron chi connectivity index (χ3n) is 6.92. The number of carbonyl (C=O) groups is 1. The van der Waals surface area contributed by atoms with Gasteiger partial charge in [-0.05, 0) is 12.1 Å². The molecule has 0 unspecified atom stereocenters. The van der Waals surface area contributed by atoms with E-state index in [-0.39, 0.29) is 5.91 Å². The maximum atomic E-state index is 13.6. The Morgan fingerprint density at radius 1 is 0.839 bits per heavy atom. The number of fused-ring (bicyclic) bond motifs is 1. The molecule has 2 aliphatic rings. The van der Waals surface area contributed by atoms with E-state index in [1.54, 1.807) is 9.80 Å². The summed E-state index contributed by atoms with van der Waals surface area (Å²) < 4.78 is 0. The van der Waals surface area contributed by atoms with E-state index in [1.165, 1.54) is 39.0 Å². The zero-order valence-electron chi connectivity index (χ0n) is 18.1. The fourth-order valence-electron chi connectivity index (χ4n) is 5.03. The number of rotatable bonds is 5. The monoisotopic (exact) mass is 416 g/mol. The molecule has 3 aromatic rings. The molecule has 0 saturated carbocycles. The van der Waals surface area contributed by atoms with Gasteiger partial charge in [0.25, 0.3) is 5.91 Å². The summed E-state index contributed by atoms with van der Waals surface area (Å²) in [6.07, 6.45) is 2.77. The van der Waals surface area contributed by atoms with Crippen LogP contribution in [0.5, 0.6) is 0 Å². The molecule has 0 radical (unpaired) electrons. The predicted molar refractivity (Wildman–Crippen MR) is 123 cm³/mol. The number of piperazine rings is 1. The largest absolute Gasteiger partial charge is 0.330 e. The summed E-state index contributed by atoms with van der Waals surface area (Å²) in [6, 6.07) is 20.1. The quantitative estimate of drug-likeness (QED) is 0.650. The van der Waals surface area contributed by atoms with Gasteiger partial charge in [0.05, 0.1) is 56.0 Å². The number of hydrogen-bond acceptors (Lipinski definition) is 2. The standard InChI is InChI=1S/C26H30N4O/c31-26(30-18-16-29(17-19-30)15-14-28-12-6-7-13-28)23-20-25(21-8-2-1-3-9-21)27-24-11-5-4-10-22(23)24/h1-5,8-11,20H,6-7,12-19H2/p+2. The Morgan fingerprint density at radius 3 is 2.23 bits per heavy atom. The Hall–Kier alpha value is -2.76. The highest BCUT2D eigenvalue weighted by Crippen LogP contribution is 2.25. The molecular weight excluding hydrogens is 384 g/mol. The molecule has 5 nitrogen and oxygen atoms in total. The molecule has 160 valence electrons. The number of carbonyl (C=O) groups excluding carboxylic acids is 1. The first-order valence-corrected chi connectivity index (χ1v) is 11.7. The van der Waals surface area contributed by atoms with Gasteiger partial charge in [-0.15, -0.1) is 0 Å². The molecule has 0 aliphatic carbocycles. The van der Waals surface area contributed by atoms with Crippen LogP contribution in [0, 0.1) is 0 Å². The van der Waals surface area contributed by atoms with Gasteiger partial charge in [-0.3, -0.25) is 4.79 Å². The topological polar surface area (TPSA) is 42.1 Å². The number of benzene rings is 2. The number of nitrogens with one attached hydrogen (secondary N) is 2. The molecule has 2 aromatic carbocycles. The zero-order chi connectivity index (χ0) is 21.0. The lowest BCUT2D eigenvalue weighted by atomic mass is 10.0. The Labute approximate surface area is 184 Å². The van der Waals surface area contributed by atoms with E-state index < -0.39 is 0 Å².